The average Bonchev–Trinajstić information content (AvgIpc) is 3.02. The third-order valence-electron chi connectivity index (χ3n) is 5.01. The van der Waals surface area contributed by atoms with Gasteiger partial charge in [-0.1, -0.05) is 36.8 Å². The van der Waals surface area contributed by atoms with E-state index in [0.29, 0.717) is 13.0 Å². The van der Waals surface area contributed by atoms with Gasteiger partial charge in [0.05, 0.1) is 5.75 Å². The van der Waals surface area contributed by atoms with E-state index in [0.717, 1.165) is 24.8 Å². The second-order valence-electron chi connectivity index (χ2n) is 6.56. The molecule has 0 spiro atoms. The summed E-state index contributed by atoms with van der Waals surface area (Å²) in [4.78, 5) is 14.1. The number of likely N-dealkylation sites (tertiary alicyclic amines) is 1. The van der Waals surface area contributed by atoms with Crippen LogP contribution in [0.4, 0.5) is 4.79 Å². The molecule has 0 aromatic heterocycles. The van der Waals surface area contributed by atoms with Crippen LogP contribution in [0.15, 0.2) is 30.3 Å². The van der Waals surface area contributed by atoms with Crippen molar-refractivity contribution in [2.24, 2.45) is 10.6 Å². The molecule has 1 saturated carbocycles. The highest BCUT2D eigenvalue weighted by atomic mass is 32.2. The number of nitrogens with zero attached hydrogens (tertiary/aromatic N) is 1. The first-order valence-electron chi connectivity index (χ1n) is 7.87. The van der Waals surface area contributed by atoms with Gasteiger partial charge in [0.25, 0.3) is 0 Å². The van der Waals surface area contributed by atoms with Crippen LogP contribution in [0.1, 0.15) is 31.2 Å². The molecule has 7 heteroatoms. The van der Waals surface area contributed by atoms with E-state index in [1.807, 2.05) is 30.3 Å². The van der Waals surface area contributed by atoms with E-state index >= 15 is 0 Å². The molecule has 1 aliphatic carbocycles. The summed E-state index contributed by atoms with van der Waals surface area (Å²) in [5.41, 5.74) is 0.543. The van der Waals surface area contributed by atoms with Crippen LogP contribution in [0, 0.1) is 5.41 Å². The van der Waals surface area contributed by atoms with E-state index in [-0.39, 0.29) is 29.9 Å². The summed E-state index contributed by atoms with van der Waals surface area (Å²) < 4.78 is 28.5. The third-order valence-corrected chi connectivity index (χ3v) is 5.99. The number of sulfonamides is 1. The van der Waals surface area contributed by atoms with Crippen LogP contribution < -0.4 is 5.14 Å². The van der Waals surface area contributed by atoms with Crippen LogP contribution >= 0.6 is 0 Å². The first kappa shape index (κ1) is 16.3. The van der Waals surface area contributed by atoms with Crippen LogP contribution in [0.5, 0.6) is 0 Å². The Labute approximate surface area is 136 Å². The standard InChI is InChI=1S/C16H22N2O4S/c17-23(20,21)12-16-8-4-7-14(16)18(10-9-16)15(19)22-11-13-5-2-1-3-6-13/h1-3,5-6,14H,4,7-12H2,(H2,17,20,21). The zero-order valence-corrected chi connectivity index (χ0v) is 13.8. The molecule has 1 aromatic rings. The summed E-state index contributed by atoms with van der Waals surface area (Å²) in [5.74, 6) is -0.0485. The van der Waals surface area contributed by atoms with Crippen molar-refractivity contribution in [3.05, 3.63) is 35.9 Å². The first-order chi connectivity index (χ1) is 10.9. The number of rotatable bonds is 4. The van der Waals surface area contributed by atoms with Crippen LogP contribution in [0.3, 0.4) is 0 Å². The minimum absolute atomic E-state index is 0.0485. The Morgan fingerprint density at radius 1 is 1.30 bits per heavy atom. The van der Waals surface area contributed by atoms with Crippen molar-refractivity contribution in [1.82, 2.24) is 4.90 Å². The maximum Gasteiger partial charge on any atom is 0.410 e. The van der Waals surface area contributed by atoms with Gasteiger partial charge in [-0.3, -0.25) is 0 Å². The van der Waals surface area contributed by atoms with Gasteiger partial charge in [0.2, 0.25) is 10.0 Å². The third kappa shape index (κ3) is 3.50. The normalized spacial score (nSPS) is 27.0. The number of amides is 1. The topological polar surface area (TPSA) is 89.7 Å². The number of fused-ring (bicyclic) bond motifs is 1. The Balaban J connectivity index is 1.66. The molecule has 0 radical (unpaired) electrons. The van der Waals surface area contributed by atoms with E-state index in [2.05, 4.69) is 0 Å². The number of carbonyl (C=O) groups is 1. The summed E-state index contributed by atoms with van der Waals surface area (Å²) >= 11 is 0. The molecule has 2 unspecified atom stereocenters. The van der Waals surface area contributed by atoms with Crippen molar-refractivity contribution in [2.75, 3.05) is 12.3 Å². The van der Waals surface area contributed by atoms with Gasteiger partial charge in [-0.2, -0.15) is 0 Å². The van der Waals surface area contributed by atoms with E-state index in [9.17, 15) is 13.2 Å². The molecule has 2 atom stereocenters. The SMILES string of the molecule is NS(=O)(=O)CC12CCCC1N(C(=O)OCc1ccccc1)CC2. The lowest BCUT2D eigenvalue weighted by molar-refractivity contribution is 0.0853. The fraction of sp³-hybridized carbons (Fsp3) is 0.562. The van der Waals surface area contributed by atoms with Gasteiger partial charge in [0.15, 0.2) is 0 Å². The smallest absolute Gasteiger partial charge is 0.410 e. The molecular weight excluding hydrogens is 316 g/mol. The molecule has 0 bridgehead atoms. The van der Waals surface area contributed by atoms with Gasteiger partial charge < -0.3 is 9.64 Å². The summed E-state index contributed by atoms with van der Waals surface area (Å²) in [5, 5.41) is 5.26. The molecule has 2 N–H and O–H groups in total. The number of benzene rings is 1. The largest absolute Gasteiger partial charge is 0.445 e. The number of primary sulfonamides is 1. The number of ether oxygens (including phenoxy) is 1. The van der Waals surface area contributed by atoms with Crippen molar-refractivity contribution >= 4 is 16.1 Å². The van der Waals surface area contributed by atoms with Gasteiger partial charge in [-0.15, -0.1) is 0 Å². The minimum Gasteiger partial charge on any atom is -0.445 e. The van der Waals surface area contributed by atoms with Gasteiger partial charge in [-0.05, 0) is 24.8 Å². The molecule has 1 amide bonds. The van der Waals surface area contributed by atoms with Crippen molar-refractivity contribution in [1.29, 1.82) is 0 Å². The van der Waals surface area contributed by atoms with Crippen molar-refractivity contribution in [3.8, 4) is 0 Å². The van der Waals surface area contributed by atoms with Gasteiger partial charge in [-0.25, -0.2) is 18.4 Å². The van der Waals surface area contributed by atoms with Gasteiger partial charge in [0.1, 0.15) is 6.61 Å². The molecule has 1 aromatic carbocycles. The highest BCUT2D eigenvalue weighted by Crippen LogP contribution is 2.49. The average molecular weight is 338 g/mol. The van der Waals surface area contributed by atoms with Crippen LogP contribution in [-0.4, -0.2) is 37.8 Å². The zero-order valence-electron chi connectivity index (χ0n) is 13.0. The van der Waals surface area contributed by atoms with E-state index < -0.39 is 10.0 Å². The Bertz CT molecular complexity index is 677. The lowest BCUT2D eigenvalue weighted by Crippen LogP contribution is -2.43. The first-order valence-corrected chi connectivity index (χ1v) is 9.59. The number of nitrogens with two attached hydrogens (primary N) is 1. The number of hydrogen-bond acceptors (Lipinski definition) is 4. The molecule has 126 valence electrons. The minimum atomic E-state index is -3.55. The number of carbonyl (C=O) groups excluding carboxylic acids is 1. The lowest BCUT2D eigenvalue weighted by atomic mass is 9.84. The maximum absolute atomic E-state index is 12.4. The van der Waals surface area contributed by atoms with Crippen LogP contribution in [0.2, 0.25) is 0 Å². The highest BCUT2D eigenvalue weighted by molar-refractivity contribution is 7.89. The highest BCUT2D eigenvalue weighted by Gasteiger charge is 2.53. The predicted molar refractivity (Wildman–Crippen MR) is 86.0 cm³/mol. The molecule has 6 nitrogen and oxygen atoms in total. The van der Waals surface area contributed by atoms with E-state index in [1.165, 1.54) is 0 Å². The summed E-state index contributed by atoms with van der Waals surface area (Å²) in [6.07, 6.45) is 2.85. The van der Waals surface area contributed by atoms with Crippen molar-refractivity contribution < 1.29 is 17.9 Å². The molecule has 1 aliphatic heterocycles. The Kier molecular flexibility index (Phi) is 4.33. The number of hydrogen-bond donors (Lipinski definition) is 1. The Hall–Kier alpha value is -1.60. The second-order valence-corrected chi connectivity index (χ2v) is 8.18. The Morgan fingerprint density at radius 2 is 2.04 bits per heavy atom. The lowest BCUT2D eigenvalue weighted by Gasteiger charge is -2.31. The van der Waals surface area contributed by atoms with Crippen molar-refractivity contribution in [2.45, 2.75) is 38.3 Å². The summed E-state index contributed by atoms with van der Waals surface area (Å²) in [7, 11) is -3.55. The van der Waals surface area contributed by atoms with Gasteiger partial charge >= 0.3 is 6.09 Å². The second kappa shape index (κ2) is 6.13. The summed E-state index contributed by atoms with van der Waals surface area (Å²) in [6.45, 7) is 0.763. The van der Waals surface area contributed by atoms with Crippen LogP contribution in [-0.2, 0) is 21.4 Å². The van der Waals surface area contributed by atoms with E-state index in [4.69, 9.17) is 9.88 Å². The van der Waals surface area contributed by atoms with Gasteiger partial charge in [0, 0.05) is 18.0 Å². The van der Waals surface area contributed by atoms with Crippen LogP contribution in [0.25, 0.3) is 0 Å². The summed E-state index contributed by atoms with van der Waals surface area (Å²) in [6, 6.07) is 9.42. The monoisotopic (exact) mass is 338 g/mol. The predicted octanol–water partition coefficient (Wildman–Crippen LogP) is 1.86. The van der Waals surface area contributed by atoms with E-state index in [1.54, 1.807) is 4.90 Å². The van der Waals surface area contributed by atoms with Crippen molar-refractivity contribution in [3.63, 3.8) is 0 Å². The maximum atomic E-state index is 12.4. The molecule has 2 fully saturated rings. The Morgan fingerprint density at radius 3 is 2.74 bits per heavy atom. The molecule has 3 rings (SSSR count). The zero-order chi connectivity index (χ0) is 16.5. The molecule has 2 aliphatic rings. The molecule has 1 saturated heterocycles. The molecule has 23 heavy (non-hydrogen) atoms. The molecular formula is C16H22N2O4S. The fourth-order valence-electron chi connectivity index (χ4n) is 4.06. The fourth-order valence-corrected chi connectivity index (χ4v) is 5.34. The molecule has 1 heterocycles. The quantitative estimate of drug-likeness (QED) is 0.907.